The van der Waals surface area contributed by atoms with Gasteiger partial charge in [-0.1, -0.05) is 84.4 Å². The molecule has 4 rings (SSSR count). The average Bonchev–Trinajstić information content (AvgIpc) is 2.92. The van der Waals surface area contributed by atoms with Crippen LogP contribution < -0.4 is 14.4 Å². The number of hydrogen-bond acceptors (Lipinski definition) is 4. The number of halogens is 1. The molecule has 0 saturated heterocycles. The largest absolute Gasteiger partial charge is 0.495 e. The Morgan fingerprint density at radius 3 is 2.19 bits per heavy atom. The predicted octanol–water partition coefficient (Wildman–Crippen LogP) is 5.76. The van der Waals surface area contributed by atoms with Crippen molar-refractivity contribution in [1.29, 1.82) is 0 Å². The molecule has 6 nitrogen and oxygen atoms in total. The van der Waals surface area contributed by atoms with Gasteiger partial charge in [0.1, 0.15) is 12.3 Å². The van der Waals surface area contributed by atoms with Crippen LogP contribution >= 0.6 is 11.6 Å². The highest BCUT2D eigenvalue weighted by Gasteiger charge is 2.30. The van der Waals surface area contributed by atoms with Gasteiger partial charge in [0, 0.05) is 5.02 Å². The first-order chi connectivity index (χ1) is 17.8. The number of ether oxygens (including phenoxy) is 1. The molecule has 1 atom stereocenters. The molecule has 0 aromatic heterocycles. The Morgan fingerprint density at radius 2 is 1.54 bits per heavy atom. The fraction of sp³-hybridized carbons (Fsp3) is 0.138. The zero-order valence-electron chi connectivity index (χ0n) is 20.5. The third-order valence-corrected chi connectivity index (χ3v) is 7.97. The summed E-state index contributed by atoms with van der Waals surface area (Å²) in [4.78, 5) is 13.6. The van der Waals surface area contributed by atoms with Crippen molar-refractivity contribution in [2.24, 2.45) is 0 Å². The minimum Gasteiger partial charge on any atom is -0.495 e. The van der Waals surface area contributed by atoms with E-state index in [1.165, 1.54) is 25.3 Å². The molecule has 0 aliphatic rings. The molecule has 0 aliphatic heterocycles. The lowest BCUT2D eigenvalue weighted by Crippen LogP contribution is -2.42. The summed E-state index contributed by atoms with van der Waals surface area (Å²) >= 11 is 6.23. The summed E-state index contributed by atoms with van der Waals surface area (Å²) < 4.78 is 34.0. The van der Waals surface area contributed by atoms with Crippen LogP contribution in [0.2, 0.25) is 5.02 Å². The number of sulfonamides is 1. The van der Waals surface area contributed by atoms with Gasteiger partial charge in [-0.2, -0.15) is 0 Å². The van der Waals surface area contributed by atoms with Crippen LogP contribution in [0.1, 0.15) is 22.7 Å². The summed E-state index contributed by atoms with van der Waals surface area (Å²) in [6.07, 6.45) is 0. The number of rotatable bonds is 9. The first-order valence-corrected chi connectivity index (χ1v) is 13.4. The molecule has 1 N–H and O–H groups in total. The highest BCUT2D eigenvalue weighted by atomic mass is 35.5. The monoisotopic (exact) mass is 534 g/mol. The lowest BCUT2D eigenvalue weighted by Gasteiger charge is -2.27. The van der Waals surface area contributed by atoms with Gasteiger partial charge in [-0.25, -0.2) is 8.42 Å². The van der Waals surface area contributed by atoms with E-state index in [1.54, 1.807) is 30.3 Å². The van der Waals surface area contributed by atoms with Gasteiger partial charge >= 0.3 is 0 Å². The van der Waals surface area contributed by atoms with E-state index in [-0.39, 0.29) is 16.3 Å². The number of amides is 1. The summed E-state index contributed by atoms with van der Waals surface area (Å²) in [5, 5.41) is 3.36. The van der Waals surface area contributed by atoms with Crippen molar-refractivity contribution in [3.63, 3.8) is 0 Å². The minimum absolute atomic E-state index is 0.0448. The molecule has 0 bridgehead atoms. The summed E-state index contributed by atoms with van der Waals surface area (Å²) in [7, 11) is -2.70. The number of aryl methyl sites for hydroxylation is 1. The number of hydrogen-bond donors (Lipinski definition) is 1. The van der Waals surface area contributed by atoms with Crippen LogP contribution in [0.25, 0.3) is 0 Å². The molecule has 0 heterocycles. The van der Waals surface area contributed by atoms with E-state index in [1.807, 2.05) is 61.5 Å². The zero-order valence-corrected chi connectivity index (χ0v) is 22.0. The molecule has 0 radical (unpaired) electrons. The Morgan fingerprint density at radius 1 is 0.919 bits per heavy atom. The zero-order chi connectivity index (χ0) is 26.4. The molecule has 0 saturated carbocycles. The van der Waals surface area contributed by atoms with Crippen molar-refractivity contribution in [2.45, 2.75) is 17.9 Å². The average molecular weight is 535 g/mol. The maximum absolute atomic E-state index is 13.8. The fourth-order valence-corrected chi connectivity index (χ4v) is 5.72. The number of nitrogens with zero attached hydrogens (tertiary/aromatic N) is 1. The van der Waals surface area contributed by atoms with Crippen LogP contribution in [-0.2, 0) is 14.8 Å². The molecule has 0 fully saturated rings. The van der Waals surface area contributed by atoms with Crippen LogP contribution in [0.3, 0.4) is 0 Å². The summed E-state index contributed by atoms with van der Waals surface area (Å²) in [6, 6.07) is 29.4. The smallest absolute Gasteiger partial charge is 0.264 e. The van der Waals surface area contributed by atoms with E-state index in [9.17, 15) is 13.2 Å². The minimum atomic E-state index is -4.14. The second kappa shape index (κ2) is 11.5. The van der Waals surface area contributed by atoms with Gasteiger partial charge in [0.05, 0.1) is 23.7 Å². The van der Waals surface area contributed by atoms with Gasteiger partial charge in [-0.05, 0) is 53.9 Å². The van der Waals surface area contributed by atoms with Crippen molar-refractivity contribution >= 4 is 33.2 Å². The van der Waals surface area contributed by atoms with Crippen LogP contribution in [0.5, 0.6) is 5.75 Å². The fourth-order valence-electron chi connectivity index (χ4n) is 4.11. The number of carbonyl (C=O) groups is 1. The first-order valence-electron chi connectivity index (χ1n) is 11.6. The van der Waals surface area contributed by atoms with Gasteiger partial charge in [-0.3, -0.25) is 9.10 Å². The Hall–Kier alpha value is -3.81. The Labute approximate surface area is 222 Å². The maximum Gasteiger partial charge on any atom is 0.264 e. The molecule has 1 amide bonds. The Balaban J connectivity index is 1.75. The Bertz CT molecular complexity index is 1480. The normalized spacial score (nSPS) is 12.0. The molecule has 0 unspecified atom stereocenters. The topological polar surface area (TPSA) is 75.7 Å². The number of anilines is 1. The highest BCUT2D eigenvalue weighted by molar-refractivity contribution is 7.92. The van der Waals surface area contributed by atoms with Crippen molar-refractivity contribution < 1.29 is 17.9 Å². The third-order valence-electron chi connectivity index (χ3n) is 5.97. The molecular formula is C29H27ClN2O4S. The van der Waals surface area contributed by atoms with E-state index >= 15 is 0 Å². The van der Waals surface area contributed by atoms with Crippen LogP contribution in [-0.4, -0.2) is 28.0 Å². The van der Waals surface area contributed by atoms with Crippen LogP contribution in [0.4, 0.5) is 5.69 Å². The molecule has 4 aromatic carbocycles. The van der Waals surface area contributed by atoms with E-state index in [2.05, 4.69) is 5.32 Å². The van der Waals surface area contributed by atoms with Gasteiger partial charge in [0.15, 0.2) is 0 Å². The second-order valence-corrected chi connectivity index (χ2v) is 10.7. The van der Waals surface area contributed by atoms with E-state index < -0.39 is 28.5 Å². The molecule has 0 spiro atoms. The second-order valence-electron chi connectivity index (χ2n) is 8.41. The van der Waals surface area contributed by atoms with Gasteiger partial charge < -0.3 is 10.1 Å². The van der Waals surface area contributed by atoms with Crippen LogP contribution in [0, 0.1) is 6.92 Å². The van der Waals surface area contributed by atoms with Gasteiger partial charge in [-0.15, -0.1) is 0 Å². The predicted molar refractivity (Wildman–Crippen MR) is 147 cm³/mol. The maximum atomic E-state index is 13.8. The molecular weight excluding hydrogens is 508 g/mol. The quantitative estimate of drug-likeness (QED) is 0.296. The number of carbonyl (C=O) groups excluding carboxylic acids is 1. The molecule has 4 aromatic rings. The lowest BCUT2D eigenvalue weighted by atomic mass is 9.95. The summed E-state index contributed by atoms with van der Waals surface area (Å²) in [5.41, 5.74) is 2.96. The van der Waals surface area contributed by atoms with E-state index in [0.717, 1.165) is 21.0 Å². The van der Waals surface area contributed by atoms with Crippen molar-refractivity contribution in [1.82, 2.24) is 5.32 Å². The standard InChI is InChI=1S/C29H27ClN2O4S/c1-21-11-9-10-16-25(21)29(22-12-5-3-6-13-22)31-28(33)20-32(26-19-23(30)17-18-27(26)36-2)37(34,35)24-14-7-4-8-15-24/h3-19,29H,20H2,1-2H3,(H,31,33)/t29-/m0/s1. The van der Waals surface area contributed by atoms with E-state index in [4.69, 9.17) is 16.3 Å². The van der Waals surface area contributed by atoms with Crippen molar-refractivity contribution in [3.05, 3.63) is 125 Å². The van der Waals surface area contributed by atoms with Crippen molar-refractivity contribution in [2.75, 3.05) is 18.0 Å². The first kappa shape index (κ1) is 26.3. The third kappa shape index (κ3) is 5.96. The highest BCUT2D eigenvalue weighted by Crippen LogP contribution is 2.35. The summed E-state index contributed by atoms with van der Waals surface area (Å²) in [5.74, 6) is -0.214. The number of nitrogens with one attached hydrogen (secondary N) is 1. The number of benzene rings is 4. The van der Waals surface area contributed by atoms with Gasteiger partial charge in [0.2, 0.25) is 5.91 Å². The van der Waals surface area contributed by atoms with Crippen molar-refractivity contribution in [3.8, 4) is 5.75 Å². The lowest BCUT2D eigenvalue weighted by molar-refractivity contribution is -0.120. The SMILES string of the molecule is COc1ccc(Cl)cc1N(CC(=O)N[C@@H](c1ccccc1)c1ccccc1C)S(=O)(=O)c1ccccc1. The number of methoxy groups -OCH3 is 1. The summed E-state index contributed by atoms with van der Waals surface area (Å²) in [6.45, 7) is 1.49. The molecule has 190 valence electrons. The van der Waals surface area contributed by atoms with Gasteiger partial charge in [0.25, 0.3) is 10.0 Å². The molecule has 8 heteroatoms. The Kier molecular flexibility index (Phi) is 8.16. The molecule has 0 aliphatic carbocycles. The van der Waals surface area contributed by atoms with Crippen LogP contribution in [0.15, 0.2) is 108 Å². The van der Waals surface area contributed by atoms with E-state index in [0.29, 0.717) is 5.02 Å². The molecule has 37 heavy (non-hydrogen) atoms.